The first kappa shape index (κ1) is 11.4. The average molecular weight is 235 g/mol. The lowest BCUT2D eigenvalue weighted by Crippen LogP contribution is -1.93. The lowest BCUT2D eigenvalue weighted by Gasteiger charge is -1.99. The Labute approximate surface area is 98.0 Å². The summed E-state index contributed by atoms with van der Waals surface area (Å²) in [5.74, 6) is 0.701. The van der Waals surface area contributed by atoms with Gasteiger partial charge in [0, 0.05) is 18.4 Å². The van der Waals surface area contributed by atoms with Crippen molar-refractivity contribution in [1.29, 1.82) is 0 Å². The number of benzene rings is 1. The molecule has 6 nitrogen and oxygen atoms in total. The number of nitrogen functional groups attached to an aromatic ring is 1. The van der Waals surface area contributed by atoms with Gasteiger partial charge in [0.1, 0.15) is 12.4 Å². The van der Waals surface area contributed by atoms with E-state index in [-0.39, 0.29) is 18.2 Å². The molecule has 1 heterocycles. The summed E-state index contributed by atoms with van der Waals surface area (Å²) in [6.45, 7) is 2.75. The second-order valence-electron chi connectivity index (χ2n) is 3.43. The van der Waals surface area contributed by atoms with Crippen LogP contribution in [0.3, 0.4) is 0 Å². The van der Waals surface area contributed by atoms with Gasteiger partial charge in [0.05, 0.1) is 5.56 Å². The average Bonchev–Trinajstić information content (AvgIpc) is 2.75. The number of aromatic nitrogens is 2. The van der Waals surface area contributed by atoms with E-state index in [9.17, 15) is 5.11 Å². The molecule has 2 aromatic rings. The number of hydrogen-bond donors (Lipinski definition) is 2. The largest absolute Gasteiger partial charge is 0.507 e. The van der Waals surface area contributed by atoms with E-state index in [0.29, 0.717) is 23.7 Å². The SMILES string of the molecule is CCOCc1noc(-c2ccc(N)cc2O)n1. The van der Waals surface area contributed by atoms with Gasteiger partial charge in [0.2, 0.25) is 0 Å². The van der Waals surface area contributed by atoms with Crippen LogP contribution < -0.4 is 5.73 Å². The molecule has 0 atom stereocenters. The molecular weight excluding hydrogens is 222 g/mol. The van der Waals surface area contributed by atoms with Crippen LogP contribution in [0.2, 0.25) is 0 Å². The smallest absolute Gasteiger partial charge is 0.261 e. The third-order valence-corrected chi connectivity index (χ3v) is 2.16. The van der Waals surface area contributed by atoms with Crippen LogP contribution in [0.5, 0.6) is 5.75 Å². The lowest BCUT2D eigenvalue weighted by molar-refractivity contribution is 0.126. The molecule has 3 N–H and O–H groups in total. The number of nitrogens with two attached hydrogens (primary N) is 1. The Bertz CT molecular complexity index is 510. The topological polar surface area (TPSA) is 94.4 Å². The van der Waals surface area contributed by atoms with Crippen LogP contribution in [-0.2, 0) is 11.3 Å². The Hall–Kier alpha value is -2.08. The minimum absolute atomic E-state index is 0.0107. The minimum Gasteiger partial charge on any atom is -0.507 e. The van der Waals surface area contributed by atoms with Crippen LogP contribution in [0, 0.1) is 0 Å². The summed E-state index contributed by atoms with van der Waals surface area (Å²) in [5, 5.41) is 13.4. The number of anilines is 1. The first-order valence-electron chi connectivity index (χ1n) is 5.20. The fourth-order valence-corrected chi connectivity index (χ4v) is 1.34. The molecule has 0 bridgehead atoms. The highest BCUT2D eigenvalue weighted by molar-refractivity contribution is 5.66. The zero-order valence-corrected chi connectivity index (χ0v) is 9.38. The molecule has 90 valence electrons. The monoisotopic (exact) mass is 235 g/mol. The zero-order chi connectivity index (χ0) is 12.3. The van der Waals surface area contributed by atoms with Crippen molar-refractivity contribution in [1.82, 2.24) is 10.1 Å². The van der Waals surface area contributed by atoms with Gasteiger partial charge in [-0.3, -0.25) is 0 Å². The Morgan fingerprint density at radius 1 is 1.47 bits per heavy atom. The van der Waals surface area contributed by atoms with E-state index in [4.69, 9.17) is 15.0 Å². The number of ether oxygens (including phenoxy) is 1. The molecule has 6 heteroatoms. The number of phenols is 1. The van der Waals surface area contributed by atoms with Crippen molar-refractivity contribution in [2.45, 2.75) is 13.5 Å². The van der Waals surface area contributed by atoms with E-state index in [0.717, 1.165) is 0 Å². The fourth-order valence-electron chi connectivity index (χ4n) is 1.34. The van der Waals surface area contributed by atoms with E-state index in [1.807, 2.05) is 6.92 Å². The first-order chi connectivity index (χ1) is 8.20. The third-order valence-electron chi connectivity index (χ3n) is 2.16. The van der Waals surface area contributed by atoms with Crippen LogP contribution in [0.4, 0.5) is 5.69 Å². The normalized spacial score (nSPS) is 10.6. The lowest BCUT2D eigenvalue weighted by atomic mass is 10.2. The van der Waals surface area contributed by atoms with Gasteiger partial charge in [-0.2, -0.15) is 4.98 Å². The molecule has 0 unspecified atom stereocenters. The van der Waals surface area contributed by atoms with Crippen LogP contribution >= 0.6 is 0 Å². The molecule has 0 aliphatic carbocycles. The van der Waals surface area contributed by atoms with Gasteiger partial charge in [0.15, 0.2) is 5.82 Å². The van der Waals surface area contributed by atoms with Gasteiger partial charge in [-0.05, 0) is 19.1 Å². The van der Waals surface area contributed by atoms with E-state index < -0.39 is 0 Å². The number of rotatable bonds is 4. The van der Waals surface area contributed by atoms with Crippen molar-refractivity contribution < 1.29 is 14.4 Å². The molecule has 2 rings (SSSR count). The van der Waals surface area contributed by atoms with Gasteiger partial charge < -0.3 is 20.1 Å². The summed E-state index contributed by atoms with van der Waals surface area (Å²) < 4.78 is 10.2. The molecule has 1 aromatic carbocycles. The summed E-state index contributed by atoms with van der Waals surface area (Å²) in [7, 11) is 0. The van der Waals surface area contributed by atoms with E-state index in [1.165, 1.54) is 6.07 Å². The van der Waals surface area contributed by atoms with Crippen LogP contribution in [0.25, 0.3) is 11.5 Å². The van der Waals surface area contributed by atoms with E-state index in [2.05, 4.69) is 10.1 Å². The summed E-state index contributed by atoms with van der Waals surface area (Å²) in [4.78, 5) is 4.10. The summed E-state index contributed by atoms with van der Waals surface area (Å²) >= 11 is 0. The molecule has 17 heavy (non-hydrogen) atoms. The highest BCUT2D eigenvalue weighted by Crippen LogP contribution is 2.29. The van der Waals surface area contributed by atoms with Crippen molar-refractivity contribution >= 4 is 5.69 Å². The van der Waals surface area contributed by atoms with Gasteiger partial charge in [-0.1, -0.05) is 5.16 Å². The molecule has 0 radical (unpaired) electrons. The Morgan fingerprint density at radius 2 is 2.29 bits per heavy atom. The van der Waals surface area contributed by atoms with Crippen molar-refractivity contribution in [3.05, 3.63) is 24.0 Å². The van der Waals surface area contributed by atoms with Crippen molar-refractivity contribution in [2.75, 3.05) is 12.3 Å². The second kappa shape index (κ2) is 4.84. The zero-order valence-electron chi connectivity index (χ0n) is 9.38. The highest BCUT2D eigenvalue weighted by Gasteiger charge is 2.12. The summed E-state index contributed by atoms with van der Waals surface area (Å²) in [6, 6.07) is 4.71. The van der Waals surface area contributed by atoms with E-state index in [1.54, 1.807) is 12.1 Å². The number of aromatic hydroxyl groups is 1. The van der Waals surface area contributed by atoms with Gasteiger partial charge >= 0.3 is 0 Å². The molecule has 0 aliphatic heterocycles. The van der Waals surface area contributed by atoms with Crippen LogP contribution in [-0.4, -0.2) is 21.9 Å². The second-order valence-corrected chi connectivity index (χ2v) is 3.43. The molecule has 0 saturated carbocycles. The Balaban J connectivity index is 2.24. The molecule has 0 amide bonds. The first-order valence-corrected chi connectivity index (χ1v) is 5.20. The fraction of sp³-hybridized carbons (Fsp3) is 0.273. The van der Waals surface area contributed by atoms with Gasteiger partial charge in [-0.25, -0.2) is 0 Å². The predicted octanol–water partition coefficient (Wildman–Crippen LogP) is 1.56. The summed E-state index contributed by atoms with van der Waals surface area (Å²) in [5.41, 5.74) is 6.46. The van der Waals surface area contributed by atoms with Gasteiger partial charge in [0.25, 0.3) is 5.89 Å². The maximum Gasteiger partial charge on any atom is 0.261 e. The molecule has 0 aliphatic rings. The number of hydrogen-bond acceptors (Lipinski definition) is 6. The Kier molecular flexibility index (Phi) is 3.24. The maximum absolute atomic E-state index is 9.69. The maximum atomic E-state index is 9.69. The standard InChI is InChI=1S/C11H13N3O3/c1-2-16-6-10-13-11(17-14-10)8-4-3-7(12)5-9(8)15/h3-5,15H,2,6,12H2,1H3. The predicted molar refractivity (Wildman–Crippen MR) is 61.1 cm³/mol. The minimum atomic E-state index is 0.0107. The quantitative estimate of drug-likeness (QED) is 0.781. The molecule has 0 saturated heterocycles. The van der Waals surface area contributed by atoms with Crippen molar-refractivity contribution in [2.24, 2.45) is 0 Å². The molecular formula is C11H13N3O3. The Morgan fingerprint density at radius 3 is 3.00 bits per heavy atom. The van der Waals surface area contributed by atoms with Gasteiger partial charge in [-0.15, -0.1) is 0 Å². The third kappa shape index (κ3) is 2.54. The number of nitrogens with zero attached hydrogens (tertiary/aromatic N) is 2. The summed E-state index contributed by atoms with van der Waals surface area (Å²) in [6.07, 6.45) is 0. The van der Waals surface area contributed by atoms with Crippen LogP contribution in [0.1, 0.15) is 12.7 Å². The molecule has 0 spiro atoms. The molecule has 0 fully saturated rings. The molecule has 1 aromatic heterocycles. The number of phenolic OH excluding ortho intramolecular Hbond substituents is 1. The van der Waals surface area contributed by atoms with Crippen LogP contribution in [0.15, 0.2) is 22.7 Å². The van der Waals surface area contributed by atoms with Crippen molar-refractivity contribution in [3.63, 3.8) is 0 Å². The highest BCUT2D eigenvalue weighted by atomic mass is 16.5. The van der Waals surface area contributed by atoms with E-state index >= 15 is 0 Å². The van der Waals surface area contributed by atoms with Crippen molar-refractivity contribution in [3.8, 4) is 17.2 Å².